The second-order valence-corrected chi connectivity index (χ2v) is 8.17. The van der Waals surface area contributed by atoms with Crippen LogP contribution in [-0.4, -0.2) is 43.1 Å². The van der Waals surface area contributed by atoms with E-state index in [1.54, 1.807) is 57.5 Å². The summed E-state index contributed by atoms with van der Waals surface area (Å²) in [7, 11) is 3.14. The van der Waals surface area contributed by atoms with E-state index in [-0.39, 0.29) is 18.2 Å². The lowest BCUT2D eigenvalue weighted by Gasteiger charge is -2.22. The normalized spacial score (nSPS) is 12.3. The molecule has 0 aliphatic carbocycles. The first-order valence-corrected chi connectivity index (χ1v) is 11.0. The Morgan fingerprint density at radius 3 is 2.20 bits per heavy atom. The van der Waals surface area contributed by atoms with Crippen molar-refractivity contribution in [2.75, 3.05) is 14.2 Å². The maximum Gasteiger partial charge on any atom is 0.308 e. The number of methoxy groups -OCH3 is 2. The Balaban J connectivity index is 1.71. The van der Waals surface area contributed by atoms with E-state index in [9.17, 15) is 14.7 Å². The van der Waals surface area contributed by atoms with E-state index < -0.39 is 17.9 Å². The molecular weight excluding hydrogens is 446 g/mol. The van der Waals surface area contributed by atoms with E-state index in [1.165, 1.54) is 0 Å². The largest absolute Gasteiger partial charge is 0.493 e. The maximum absolute atomic E-state index is 12.8. The Morgan fingerprint density at radius 1 is 0.943 bits per heavy atom. The molecular formula is C27H29N3O5. The molecule has 8 nitrogen and oxygen atoms in total. The average Bonchev–Trinajstić information content (AvgIpc) is 2.86. The Kier molecular flexibility index (Phi) is 8.09. The molecule has 3 rings (SSSR count). The van der Waals surface area contributed by atoms with Crippen LogP contribution in [0.2, 0.25) is 0 Å². The van der Waals surface area contributed by atoms with Crippen molar-refractivity contribution in [2.45, 2.75) is 19.4 Å². The van der Waals surface area contributed by atoms with E-state index in [0.29, 0.717) is 22.6 Å². The molecule has 0 bridgehead atoms. The summed E-state index contributed by atoms with van der Waals surface area (Å²) in [5, 5.41) is 20.1. The van der Waals surface area contributed by atoms with Crippen molar-refractivity contribution >= 4 is 17.7 Å². The summed E-state index contributed by atoms with van der Waals surface area (Å²) in [5.41, 5.74) is 9.01. The molecule has 0 saturated carbocycles. The fraction of sp³-hybridized carbons (Fsp3) is 0.222. The molecule has 0 radical (unpaired) electrons. The highest BCUT2D eigenvalue weighted by atomic mass is 16.5. The minimum Gasteiger partial charge on any atom is -0.493 e. The van der Waals surface area contributed by atoms with Gasteiger partial charge >= 0.3 is 5.97 Å². The number of hydrogen-bond donors (Lipinski definition) is 4. The number of amides is 1. The molecule has 0 aromatic heterocycles. The van der Waals surface area contributed by atoms with E-state index in [1.807, 2.05) is 30.3 Å². The van der Waals surface area contributed by atoms with Crippen molar-refractivity contribution < 1.29 is 24.2 Å². The minimum absolute atomic E-state index is 0.0865. The third kappa shape index (κ3) is 6.17. The summed E-state index contributed by atoms with van der Waals surface area (Å²) >= 11 is 0. The number of nitrogen functional groups attached to an aromatic ring is 1. The number of carboxylic acids is 1. The first-order chi connectivity index (χ1) is 16.7. The second-order valence-electron chi connectivity index (χ2n) is 8.17. The summed E-state index contributed by atoms with van der Waals surface area (Å²) in [5.74, 6) is -1.09. The first-order valence-electron chi connectivity index (χ1n) is 11.0. The Bertz CT molecular complexity index is 1220. The fourth-order valence-electron chi connectivity index (χ4n) is 3.82. The smallest absolute Gasteiger partial charge is 0.308 e. The van der Waals surface area contributed by atoms with Crippen LogP contribution in [0.3, 0.4) is 0 Å². The predicted octanol–water partition coefficient (Wildman–Crippen LogP) is 3.72. The third-order valence-corrected chi connectivity index (χ3v) is 5.84. The zero-order valence-corrected chi connectivity index (χ0v) is 19.9. The number of amidine groups is 1. The average molecular weight is 476 g/mol. The quantitative estimate of drug-likeness (QED) is 0.261. The van der Waals surface area contributed by atoms with E-state index in [2.05, 4.69) is 5.32 Å². The molecule has 0 aliphatic rings. The standard InChI is InChI=1S/C27H29N3O5/c1-16(22(27(32)33)14-17-5-4-6-21(13-17)25(28)29)30-26(31)19-9-7-18(8-10-19)20-11-12-23(34-2)24(15-20)35-3/h4-13,15-16,22H,14H2,1-3H3,(H3,28,29)(H,30,31)(H,32,33). The molecule has 5 N–H and O–H groups in total. The van der Waals surface area contributed by atoms with Crippen LogP contribution in [0.1, 0.15) is 28.4 Å². The Morgan fingerprint density at radius 2 is 1.60 bits per heavy atom. The van der Waals surface area contributed by atoms with Crippen LogP contribution < -0.4 is 20.5 Å². The van der Waals surface area contributed by atoms with E-state index in [0.717, 1.165) is 16.7 Å². The number of carboxylic acid groups (broad SMARTS) is 1. The zero-order chi connectivity index (χ0) is 25.5. The lowest BCUT2D eigenvalue weighted by atomic mass is 9.92. The molecule has 0 heterocycles. The number of aliphatic carboxylic acids is 1. The predicted molar refractivity (Wildman–Crippen MR) is 134 cm³/mol. The number of benzene rings is 3. The van der Waals surface area contributed by atoms with Crippen molar-refractivity contribution in [2.24, 2.45) is 11.7 Å². The molecule has 0 aliphatic heterocycles. The molecule has 2 unspecified atom stereocenters. The Labute approximate surface area is 204 Å². The zero-order valence-electron chi connectivity index (χ0n) is 19.9. The molecule has 0 saturated heterocycles. The van der Waals surface area contributed by atoms with Crippen LogP contribution in [0.4, 0.5) is 0 Å². The van der Waals surface area contributed by atoms with Gasteiger partial charge in [-0.3, -0.25) is 15.0 Å². The van der Waals surface area contributed by atoms with Gasteiger partial charge in [-0.15, -0.1) is 0 Å². The second kappa shape index (κ2) is 11.2. The van der Waals surface area contributed by atoms with Gasteiger partial charge < -0.3 is 25.6 Å². The number of nitrogens with one attached hydrogen (secondary N) is 2. The molecule has 2 atom stereocenters. The van der Waals surface area contributed by atoms with Crippen molar-refractivity contribution in [3.05, 3.63) is 83.4 Å². The van der Waals surface area contributed by atoms with Crippen molar-refractivity contribution in [1.82, 2.24) is 5.32 Å². The molecule has 8 heteroatoms. The summed E-state index contributed by atoms with van der Waals surface area (Å²) in [6.45, 7) is 1.67. The number of hydrogen-bond acceptors (Lipinski definition) is 5. The summed E-state index contributed by atoms with van der Waals surface area (Å²) in [6.07, 6.45) is 0.191. The number of nitrogens with two attached hydrogens (primary N) is 1. The van der Waals surface area contributed by atoms with Crippen molar-refractivity contribution in [1.29, 1.82) is 5.41 Å². The van der Waals surface area contributed by atoms with E-state index in [4.69, 9.17) is 20.6 Å². The van der Waals surface area contributed by atoms with Gasteiger partial charge in [0.05, 0.1) is 20.1 Å². The van der Waals surface area contributed by atoms with Gasteiger partial charge in [0, 0.05) is 17.2 Å². The number of ether oxygens (including phenoxy) is 2. The summed E-state index contributed by atoms with van der Waals surface area (Å²) < 4.78 is 10.6. The van der Waals surface area contributed by atoms with Gasteiger partial charge in [-0.2, -0.15) is 0 Å². The van der Waals surface area contributed by atoms with Crippen LogP contribution in [-0.2, 0) is 11.2 Å². The van der Waals surface area contributed by atoms with Crippen molar-refractivity contribution in [3.63, 3.8) is 0 Å². The van der Waals surface area contributed by atoms with Gasteiger partial charge in [0.2, 0.25) is 0 Å². The highest BCUT2D eigenvalue weighted by molar-refractivity contribution is 5.95. The van der Waals surface area contributed by atoms with Gasteiger partial charge in [-0.05, 0) is 60.4 Å². The summed E-state index contributed by atoms with van der Waals surface area (Å²) in [4.78, 5) is 24.8. The first kappa shape index (κ1) is 25.3. The van der Waals surface area contributed by atoms with E-state index >= 15 is 0 Å². The molecule has 1 amide bonds. The van der Waals surface area contributed by atoms with Gasteiger partial charge in [0.25, 0.3) is 5.91 Å². The molecule has 35 heavy (non-hydrogen) atoms. The molecule has 3 aromatic carbocycles. The third-order valence-electron chi connectivity index (χ3n) is 5.84. The maximum atomic E-state index is 12.8. The highest BCUT2D eigenvalue weighted by Gasteiger charge is 2.27. The van der Waals surface area contributed by atoms with Gasteiger partial charge in [0.15, 0.2) is 11.5 Å². The lowest BCUT2D eigenvalue weighted by Crippen LogP contribution is -2.42. The van der Waals surface area contributed by atoms with Crippen LogP contribution in [0.15, 0.2) is 66.7 Å². The van der Waals surface area contributed by atoms with Crippen molar-refractivity contribution in [3.8, 4) is 22.6 Å². The molecule has 0 spiro atoms. The monoisotopic (exact) mass is 475 g/mol. The van der Waals surface area contributed by atoms with Crippen LogP contribution in [0, 0.1) is 11.3 Å². The van der Waals surface area contributed by atoms with Crippen LogP contribution in [0.25, 0.3) is 11.1 Å². The van der Waals surface area contributed by atoms with Crippen LogP contribution >= 0.6 is 0 Å². The SMILES string of the molecule is COc1ccc(-c2ccc(C(=O)NC(C)C(Cc3cccc(C(=N)N)c3)C(=O)O)cc2)cc1OC. The van der Waals surface area contributed by atoms with Crippen LogP contribution in [0.5, 0.6) is 11.5 Å². The number of rotatable bonds is 10. The fourth-order valence-corrected chi connectivity index (χ4v) is 3.82. The highest BCUT2D eigenvalue weighted by Crippen LogP contribution is 2.32. The minimum atomic E-state index is -1.02. The van der Waals surface area contributed by atoms with Gasteiger partial charge in [0.1, 0.15) is 5.84 Å². The topological polar surface area (TPSA) is 135 Å². The Hall–Kier alpha value is -4.33. The summed E-state index contributed by atoms with van der Waals surface area (Å²) in [6, 6.07) is 18.9. The lowest BCUT2D eigenvalue weighted by molar-refractivity contribution is -0.142. The molecule has 182 valence electrons. The number of carbonyl (C=O) groups excluding carboxylic acids is 1. The number of carbonyl (C=O) groups is 2. The van der Waals surface area contributed by atoms with Gasteiger partial charge in [-0.1, -0.05) is 36.4 Å². The van der Waals surface area contributed by atoms with Gasteiger partial charge in [-0.25, -0.2) is 0 Å². The molecule has 3 aromatic rings. The molecule has 0 fully saturated rings.